The average Bonchev–Trinajstić information content (AvgIpc) is 3.41. The molecule has 3 aromatic carbocycles. The normalized spacial score (nSPS) is 14.9. The second-order valence-corrected chi connectivity index (χ2v) is 9.35. The minimum absolute atomic E-state index is 0.0347. The van der Waals surface area contributed by atoms with Gasteiger partial charge < -0.3 is 9.47 Å². The Morgan fingerprint density at radius 3 is 2.56 bits per heavy atom. The molecule has 1 aromatic heterocycles. The smallest absolute Gasteiger partial charge is 0.237 e. The molecule has 0 saturated carbocycles. The van der Waals surface area contributed by atoms with E-state index in [0.717, 1.165) is 18.5 Å². The molecule has 0 N–H and O–H groups in total. The minimum Gasteiger partial charge on any atom is -0.308 e. The third-order valence-electron chi connectivity index (χ3n) is 6.10. The molecule has 1 atom stereocenters. The number of aryl methyl sites for hydroxylation is 1. The second kappa shape index (κ2) is 9.81. The van der Waals surface area contributed by atoms with Crippen LogP contribution in [0.2, 0.25) is 0 Å². The molecule has 1 aliphatic rings. The van der Waals surface area contributed by atoms with Crippen molar-refractivity contribution in [3.8, 4) is 11.4 Å². The standard InChI is InChI=1S/C27H25FN4OS/c1-19-17-21-11-5-8-14-24(21)32(19)25(33)18-34-27-30-29-26(22-12-6-7-13-23(22)28)31(27)16-15-20-9-3-2-4-10-20/h2-14,19H,15-18H2,1H3. The second-order valence-electron chi connectivity index (χ2n) is 8.41. The summed E-state index contributed by atoms with van der Waals surface area (Å²) >= 11 is 1.35. The number of carbonyl (C=O) groups is 1. The van der Waals surface area contributed by atoms with E-state index in [0.29, 0.717) is 23.1 Å². The summed E-state index contributed by atoms with van der Waals surface area (Å²) in [7, 11) is 0. The third-order valence-corrected chi connectivity index (χ3v) is 7.05. The number of fused-ring (bicyclic) bond motifs is 1. The number of thioether (sulfide) groups is 1. The van der Waals surface area contributed by atoms with Crippen molar-refractivity contribution in [1.82, 2.24) is 14.8 Å². The van der Waals surface area contributed by atoms with Crippen molar-refractivity contribution in [3.05, 3.63) is 95.8 Å². The van der Waals surface area contributed by atoms with Gasteiger partial charge in [0.25, 0.3) is 0 Å². The number of benzene rings is 3. The predicted molar refractivity (Wildman–Crippen MR) is 133 cm³/mol. The molecule has 1 amide bonds. The molecular weight excluding hydrogens is 447 g/mol. The molecule has 0 aliphatic carbocycles. The van der Waals surface area contributed by atoms with Crippen LogP contribution in [0.5, 0.6) is 0 Å². The van der Waals surface area contributed by atoms with Crippen LogP contribution in [0.15, 0.2) is 84.0 Å². The van der Waals surface area contributed by atoms with Crippen molar-refractivity contribution in [3.63, 3.8) is 0 Å². The molecule has 1 aliphatic heterocycles. The van der Waals surface area contributed by atoms with E-state index in [-0.39, 0.29) is 23.5 Å². The van der Waals surface area contributed by atoms with Crippen molar-refractivity contribution in [2.24, 2.45) is 0 Å². The summed E-state index contributed by atoms with van der Waals surface area (Å²) in [5.41, 5.74) is 3.76. The van der Waals surface area contributed by atoms with Crippen molar-refractivity contribution < 1.29 is 9.18 Å². The van der Waals surface area contributed by atoms with E-state index in [9.17, 15) is 9.18 Å². The van der Waals surface area contributed by atoms with Crippen LogP contribution < -0.4 is 4.90 Å². The maximum absolute atomic E-state index is 14.6. The van der Waals surface area contributed by atoms with Crippen LogP contribution in [0.25, 0.3) is 11.4 Å². The molecule has 5 rings (SSSR count). The summed E-state index contributed by atoms with van der Waals surface area (Å²) in [6.45, 7) is 2.65. The molecule has 5 nitrogen and oxygen atoms in total. The van der Waals surface area contributed by atoms with Gasteiger partial charge >= 0.3 is 0 Å². The van der Waals surface area contributed by atoms with E-state index in [1.54, 1.807) is 18.2 Å². The first-order valence-electron chi connectivity index (χ1n) is 11.4. The Kier molecular flexibility index (Phi) is 6.45. The van der Waals surface area contributed by atoms with Gasteiger partial charge in [-0.2, -0.15) is 0 Å². The zero-order valence-electron chi connectivity index (χ0n) is 18.9. The highest BCUT2D eigenvalue weighted by atomic mass is 32.2. The van der Waals surface area contributed by atoms with Gasteiger partial charge in [-0.25, -0.2) is 4.39 Å². The number of hydrogen-bond acceptors (Lipinski definition) is 4. The molecule has 34 heavy (non-hydrogen) atoms. The molecule has 4 aromatic rings. The number of rotatable bonds is 7. The fourth-order valence-corrected chi connectivity index (χ4v) is 5.29. The molecule has 0 saturated heterocycles. The van der Waals surface area contributed by atoms with E-state index < -0.39 is 0 Å². The van der Waals surface area contributed by atoms with Crippen molar-refractivity contribution in [1.29, 1.82) is 0 Å². The summed E-state index contributed by atoms with van der Waals surface area (Å²) in [6.07, 6.45) is 1.61. The van der Waals surface area contributed by atoms with E-state index in [1.165, 1.54) is 29.0 Å². The lowest BCUT2D eigenvalue weighted by atomic mass is 10.1. The Labute approximate surface area is 202 Å². The van der Waals surface area contributed by atoms with E-state index >= 15 is 0 Å². The molecule has 7 heteroatoms. The van der Waals surface area contributed by atoms with Crippen LogP contribution in [0.3, 0.4) is 0 Å². The molecule has 1 unspecified atom stereocenters. The summed E-state index contributed by atoms with van der Waals surface area (Å²) in [5.74, 6) is 0.404. The number of para-hydroxylation sites is 1. The highest BCUT2D eigenvalue weighted by Crippen LogP contribution is 2.33. The lowest BCUT2D eigenvalue weighted by molar-refractivity contribution is -0.116. The van der Waals surface area contributed by atoms with Crippen LogP contribution in [-0.2, 0) is 24.2 Å². The fourth-order valence-electron chi connectivity index (χ4n) is 4.47. The summed E-state index contributed by atoms with van der Waals surface area (Å²) < 4.78 is 16.5. The van der Waals surface area contributed by atoms with Gasteiger partial charge in [0, 0.05) is 18.3 Å². The number of amides is 1. The monoisotopic (exact) mass is 472 g/mol. The molecule has 172 valence electrons. The highest BCUT2D eigenvalue weighted by Gasteiger charge is 2.30. The quantitative estimate of drug-likeness (QED) is 0.338. The Morgan fingerprint density at radius 1 is 1.00 bits per heavy atom. The first-order valence-corrected chi connectivity index (χ1v) is 12.3. The number of halogens is 1. The van der Waals surface area contributed by atoms with Gasteiger partial charge in [-0.1, -0.05) is 72.4 Å². The Bertz CT molecular complexity index is 1310. The first kappa shape index (κ1) is 22.3. The minimum atomic E-state index is -0.342. The predicted octanol–water partition coefficient (Wildman–Crippen LogP) is 5.40. The van der Waals surface area contributed by atoms with Crippen LogP contribution >= 0.6 is 11.8 Å². The van der Waals surface area contributed by atoms with Gasteiger partial charge in [-0.15, -0.1) is 10.2 Å². The number of nitrogens with zero attached hydrogens (tertiary/aromatic N) is 4. The number of aromatic nitrogens is 3. The van der Waals surface area contributed by atoms with Gasteiger partial charge in [-0.3, -0.25) is 4.79 Å². The summed E-state index contributed by atoms with van der Waals surface area (Å²) in [4.78, 5) is 15.1. The SMILES string of the molecule is CC1Cc2ccccc2N1C(=O)CSc1nnc(-c2ccccc2F)n1CCc1ccccc1. The zero-order valence-corrected chi connectivity index (χ0v) is 19.7. The molecule has 0 fully saturated rings. The lowest BCUT2D eigenvalue weighted by Crippen LogP contribution is -2.37. The third kappa shape index (κ3) is 4.48. The zero-order chi connectivity index (χ0) is 23.5. The molecule has 0 spiro atoms. The fraction of sp³-hybridized carbons (Fsp3) is 0.222. The van der Waals surface area contributed by atoms with E-state index in [1.807, 2.05) is 45.9 Å². The Balaban J connectivity index is 1.39. The van der Waals surface area contributed by atoms with Crippen LogP contribution in [0.1, 0.15) is 18.1 Å². The van der Waals surface area contributed by atoms with Crippen molar-refractivity contribution in [2.45, 2.75) is 37.5 Å². The molecule has 0 radical (unpaired) electrons. The molecule has 2 heterocycles. The maximum atomic E-state index is 14.6. The van der Waals surface area contributed by atoms with Gasteiger partial charge in [0.1, 0.15) is 5.82 Å². The summed E-state index contributed by atoms with van der Waals surface area (Å²) in [6, 6.07) is 24.9. The van der Waals surface area contributed by atoms with E-state index in [4.69, 9.17) is 0 Å². The highest BCUT2D eigenvalue weighted by molar-refractivity contribution is 7.99. The molecule has 0 bridgehead atoms. The lowest BCUT2D eigenvalue weighted by Gasteiger charge is -2.22. The number of carbonyl (C=O) groups excluding carboxylic acids is 1. The first-order chi connectivity index (χ1) is 16.6. The number of hydrogen-bond donors (Lipinski definition) is 0. The van der Waals surface area contributed by atoms with Gasteiger partial charge in [0.05, 0.1) is 11.3 Å². The summed E-state index contributed by atoms with van der Waals surface area (Å²) in [5, 5.41) is 9.27. The maximum Gasteiger partial charge on any atom is 0.237 e. The van der Waals surface area contributed by atoms with Gasteiger partial charge in [-0.05, 0) is 49.1 Å². The van der Waals surface area contributed by atoms with E-state index in [2.05, 4.69) is 35.3 Å². The van der Waals surface area contributed by atoms with Crippen molar-refractivity contribution >= 4 is 23.4 Å². The molecular formula is C27H25FN4OS. The Hall–Kier alpha value is -3.45. The number of anilines is 1. The van der Waals surface area contributed by atoms with Gasteiger partial charge in [0.2, 0.25) is 5.91 Å². The Morgan fingerprint density at radius 2 is 1.74 bits per heavy atom. The van der Waals surface area contributed by atoms with Gasteiger partial charge in [0.15, 0.2) is 11.0 Å². The van der Waals surface area contributed by atoms with Crippen LogP contribution in [0, 0.1) is 5.82 Å². The largest absolute Gasteiger partial charge is 0.308 e. The van der Waals surface area contributed by atoms with Crippen molar-refractivity contribution in [2.75, 3.05) is 10.7 Å². The topological polar surface area (TPSA) is 51.0 Å². The van der Waals surface area contributed by atoms with Crippen LogP contribution in [0.4, 0.5) is 10.1 Å². The average molecular weight is 473 g/mol. The van der Waals surface area contributed by atoms with Crippen LogP contribution in [-0.4, -0.2) is 32.5 Å².